The number of amides is 1. The van der Waals surface area contributed by atoms with Crippen molar-refractivity contribution in [1.82, 2.24) is 4.31 Å². The van der Waals surface area contributed by atoms with Crippen molar-refractivity contribution in [3.05, 3.63) is 0 Å². The van der Waals surface area contributed by atoms with Gasteiger partial charge in [0.25, 0.3) is 15.9 Å². The van der Waals surface area contributed by atoms with Gasteiger partial charge in [-0.1, -0.05) is 0 Å². The molecule has 6 nitrogen and oxygen atoms in total. The van der Waals surface area contributed by atoms with Gasteiger partial charge >= 0.3 is 0 Å². The monoisotopic (exact) mass is 237 g/mol. The Bertz CT molecular complexity index is 384. The van der Waals surface area contributed by atoms with Crippen molar-refractivity contribution in [2.75, 3.05) is 13.2 Å². The first-order valence-corrected chi connectivity index (χ1v) is 5.90. The Morgan fingerprint density at radius 1 is 1.47 bits per heavy atom. The maximum absolute atomic E-state index is 11.6. The van der Waals surface area contributed by atoms with Crippen LogP contribution in [0.5, 0.6) is 0 Å². The van der Waals surface area contributed by atoms with Crippen molar-refractivity contribution in [1.29, 1.82) is 0 Å². The lowest BCUT2D eigenvalue weighted by Gasteiger charge is -2.45. The van der Waals surface area contributed by atoms with Crippen LogP contribution in [0.3, 0.4) is 0 Å². The number of carbonyl (C=O) groups is 1. The van der Waals surface area contributed by atoms with Gasteiger partial charge in [0, 0.05) is 0 Å². The van der Waals surface area contributed by atoms with E-state index in [1.165, 1.54) is 20.8 Å². The van der Waals surface area contributed by atoms with Crippen LogP contribution in [-0.2, 0) is 14.8 Å². The third kappa shape index (κ3) is 1.64. The van der Waals surface area contributed by atoms with Crippen molar-refractivity contribution in [2.45, 2.75) is 31.1 Å². The molecule has 15 heavy (non-hydrogen) atoms. The molecule has 0 aromatic heterocycles. The number of β-amino-alcohol motifs (C(OH)–C–C–N with tert-alkyl or cyclic N) is 1. The number of carbonyl (C=O) groups excluding carboxylic acids is 1. The van der Waals surface area contributed by atoms with Crippen molar-refractivity contribution in [3.63, 3.8) is 0 Å². The summed E-state index contributed by atoms with van der Waals surface area (Å²) in [4.78, 5) is 11.4. The summed E-state index contributed by atoms with van der Waals surface area (Å²) in [5, 5.41) is 18.2. The fraction of sp³-hybridized carbons (Fsp3) is 0.875. The Labute approximate surface area is 88.6 Å². The Kier molecular flexibility index (Phi) is 2.62. The van der Waals surface area contributed by atoms with Crippen LogP contribution >= 0.6 is 0 Å². The number of sulfonamides is 1. The fourth-order valence-corrected chi connectivity index (χ4v) is 2.92. The van der Waals surface area contributed by atoms with Gasteiger partial charge in [-0.3, -0.25) is 4.79 Å². The molecule has 0 aromatic rings. The second-order valence-corrected chi connectivity index (χ2v) is 6.89. The molecule has 0 aliphatic carbocycles. The van der Waals surface area contributed by atoms with Crippen LogP contribution in [0.4, 0.5) is 0 Å². The van der Waals surface area contributed by atoms with Gasteiger partial charge in [-0.05, 0) is 20.8 Å². The second-order valence-electron chi connectivity index (χ2n) is 4.48. The van der Waals surface area contributed by atoms with E-state index >= 15 is 0 Å². The van der Waals surface area contributed by atoms with E-state index in [-0.39, 0.29) is 0 Å². The molecule has 1 heterocycles. The summed E-state index contributed by atoms with van der Waals surface area (Å²) in [6, 6.07) is 0. The summed E-state index contributed by atoms with van der Waals surface area (Å²) in [6.07, 6.45) is 0. The molecule has 1 amide bonds. The molecule has 0 bridgehead atoms. The molecule has 1 aliphatic heterocycles. The quantitative estimate of drug-likeness (QED) is 0.635. The predicted molar refractivity (Wildman–Crippen MR) is 52.4 cm³/mol. The molecule has 88 valence electrons. The zero-order valence-corrected chi connectivity index (χ0v) is 9.71. The van der Waals surface area contributed by atoms with E-state index in [0.29, 0.717) is 4.31 Å². The Balaban J connectivity index is 2.90. The molecule has 7 heteroatoms. The molecule has 1 rings (SSSR count). The first kappa shape index (κ1) is 12.4. The third-order valence-electron chi connectivity index (χ3n) is 2.50. The van der Waals surface area contributed by atoms with E-state index in [4.69, 9.17) is 5.11 Å². The normalized spacial score (nSPS) is 27.0. The molecule has 1 unspecified atom stereocenters. The molecule has 0 radical (unpaired) electrons. The summed E-state index contributed by atoms with van der Waals surface area (Å²) < 4.78 is 22.4. The van der Waals surface area contributed by atoms with Gasteiger partial charge in [-0.15, -0.1) is 0 Å². The minimum Gasteiger partial charge on any atom is -0.393 e. The average Bonchev–Trinajstić information content (AvgIpc) is 2.12. The Morgan fingerprint density at radius 2 is 1.93 bits per heavy atom. The standard InChI is InChI=1S/C8H15NO5S/c1-7(2)6(11)9(15(7,13)14)4-8(3,12)5-10/h10,12H,4-5H2,1-3H3. The molecular weight excluding hydrogens is 222 g/mol. The second kappa shape index (κ2) is 3.16. The summed E-state index contributed by atoms with van der Waals surface area (Å²) in [5.74, 6) is -0.559. The molecule has 0 aromatic carbocycles. The topological polar surface area (TPSA) is 94.9 Å². The van der Waals surface area contributed by atoms with Gasteiger partial charge < -0.3 is 10.2 Å². The van der Waals surface area contributed by atoms with E-state index in [9.17, 15) is 18.3 Å². The highest BCUT2D eigenvalue weighted by molar-refractivity contribution is 7.94. The summed E-state index contributed by atoms with van der Waals surface area (Å²) in [7, 11) is -3.68. The minimum absolute atomic E-state index is 0.409. The van der Waals surface area contributed by atoms with Gasteiger partial charge in [0.05, 0.1) is 13.2 Å². The number of nitrogens with zero attached hydrogens (tertiary/aromatic N) is 1. The van der Waals surface area contributed by atoms with Crippen molar-refractivity contribution < 1.29 is 23.4 Å². The van der Waals surface area contributed by atoms with Gasteiger partial charge in [-0.2, -0.15) is 0 Å². The van der Waals surface area contributed by atoms with Crippen molar-refractivity contribution in [3.8, 4) is 0 Å². The molecule has 1 fully saturated rings. The molecule has 1 saturated heterocycles. The van der Waals surface area contributed by atoms with E-state index in [0.717, 1.165) is 0 Å². The summed E-state index contributed by atoms with van der Waals surface area (Å²) in [6.45, 7) is 2.88. The van der Waals surface area contributed by atoms with Crippen LogP contribution in [0, 0.1) is 0 Å². The van der Waals surface area contributed by atoms with Gasteiger partial charge in [0.15, 0.2) is 4.75 Å². The van der Waals surface area contributed by atoms with Crippen LogP contribution in [-0.4, -0.2) is 52.3 Å². The molecule has 2 N–H and O–H groups in total. The lowest BCUT2D eigenvalue weighted by atomic mass is 10.1. The highest BCUT2D eigenvalue weighted by atomic mass is 32.2. The van der Waals surface area contributed by atoms with Gasteiger partial charge in [0.1, 0.15) is 5.60 Å². The minimum atomic E-state index is -3.68. The molecule has 1 atom stereocenters. The molecular formula is C8H15NO5S. The van der Waals surface area contributed by atoms with Crippen LogP contribution in [0.15, 0.2) is 0 Å². The van der Waals surface area contributed by atoms with Gasteiger partial charge in [-0.25, -0.2) is 12.7 Å². The van der Waals surface area contributed by atoms with E-state index in [1.807, 2.05) is 0 Å². The molecule has 0 spiro atoms. The molecule has 1 aliphatic rings. The van der Waals surface area contributed by atoms with Crippen LogP contribution in [0.25, 0.3) is 0 Å². The zero-order valence-electron chi connectivity index (χ0n) is 8.89. The first-order chi connectivity index (χ1) is 6.56. The summed E-state index contributed by atoms with van der Waals surface area (Å²) in [5.41, 5.74) is -1.60. The van der Waals surface area contributed by atoms with Crippen LogP contribution in [0.1, 0.15) is 20.8 Å². The maximum Gasteiger partial charge on any atom is 0.258 e. The number of aliphatic hydroxyl groups is 2. The SMILES string of the molecule is CC(O)(CO)CN1C(=O)C(C)(C)S1(=O)=O. The number of aliphatic hydroxyl groups excluding tert-OH is 1. The lowest BCUT2D eigenvalue weighted by molar-refractivity contribution is -0.135. The van der Waals surface area contributed by atoms with E-state index in [2.05, 4.69) is 0 Å². The Morgan fingerprint density at radius 3 is 2.27 bits per heavy atom. The number of rotatable bonds is 3. The molecule has 0 saturated carbocycles. The average molecular weight is 237 g/mol. The highest BCUT2D eigenvalue weighted by Gasteiger charge is 2.61. The predicted octanol–water partition coefficient (Wildman–Crippen LogP) is -1.32. The van der Waals surface area contributed by atoms with Crippen molar-refractivity contribution in [2.24, 2.45) is 0 Å². The number of hydrogen-bond donors (Lipinski definition) is 2. The largest absolute Gasteiger partial charge is 0.393 e. The smallest absolute Gasteiger partial charge is 0.258 e. The van der Waals surface area contributed by atoms with E-state index in [1.54, 1.807) is 0 Å². The van der Waals surface area contributed by atoms with E-state index < -0.39 is 39.4 Å². The maximum atomic E-state index is 11.6. The number of hydrogen-bond acceptors (Lipinski definition) is 5. The zero-order chi connectivity index (χ0) is 12.1. The third-order valence-corrected chi connectivity index (χ3v) is 4.84. The van der Waals surface area contributed by atoms with Crippen LogP contribution in [0.2, 0.25) is 0 Å². The van der Waals surface area contributed by atoms with Crippen molar-refractivity contribution >= 4 is 15.9 Å². The Hall–Kier alpha value is -0.660. The lowest BCUT2D eigenvalue weighted by Crippen LogP contribution is -2.69. The fourth-order valence-electron chi connectivity index (χ4n) is 1.27. The summed E-state index contributed by atoms with van der Waals surface area (Å²) >= 11 is 0. The van der Waals surface area contributed by atoms with Crippen LogP contribution < -0.4 is 0 Å². The first-order valence-electron chi connectivity index (χ1n) is 4.46. The van der Waals surface area contributed by atoms with Gasteiger partial charge in [0.2, 0.25) is 0 Å². The highest BCUT2D eigenvalue weighted by Crippen LogP contribution is 2.35.